The first-order chi connectivity index (χ1) is 9.86. The molecule has 1 aromatic heterocycles. The number of aromatic carboxylic acids is 1. The van der Waals surface area contributed by atoms with E-state index in [0.717, 1.165) is 15.0 Å². The zero-order valence-electron chi connectivity index (χ0n) is 11.5. The van der Waals surface area contributed by atoms with Crippen LogP contribution in [0.3, 0.4) is 0 Å². The summed E-state index contributed by atoms with van der Waals surface area (Å²) in [6.07, 6.45) is 0. The highest BCUT2D eigenvalue weighted by atomic mass is 127. The van der Waals surface area contributed by atoms with Gasteiger partial charge in [-0.1, -0.05) is 25.4 Å². The van der Waals surface area contributed by atoms with Gasteiger partial charge in [0.05, 0.1) is 11.3 Å². The lowest BCUT2D eigenvalue weighted by atomic mass is 10.1. The second kappa shape index (κ2) is 6.62. The van der Waals surface area contributed by atoms with E-state index in [1.807, 2.05) is 26.0 Å². The van der Waals surface area contributed by atoms with Crippen LogP contribution in [-0.4, -0.2) is 16.1 Å². The van der Waals surface area contributed by atoms with Crippen molar-refractivity contribution in [3.8, 4) is 0 Å². The SMILES string of the molecule is CC(C)c1cc(C(=O)O)cc(Nc2ccc(Cl)cc2I)n1. The van der Waals surface area contributed by atoms with Crippen LogP contribution in [-0.2, 0) is 0 Å². The summed E-state index contributed by atoms with van der Waals surface area (Å²) in [6.45, 7) is 3.95. The normalized spacial score (nSPS) is 10.7. The lowest BCUT2D eigenvalue weighted by Crippen LogP contribution is -2.05. The Morgan fingerprint density at radius 3 is 2.62 bits per heavy atom. The van der Waals surface area contributed by atoms with Gasteiger partial charge < -0.3 is 10.4 Å². The summed E-state index contributed by atoms with van der Waals surface area (Å²) in [5, 5.41) is 13.0. The smallest absolute Gasteiger partial charge is 0.335 e. The molecule has 2 rings (SSSR count). The van der Waals surface area contributed by atoms with Crippen LogP contribution in [0.15, 0.2) is 30.3 Å². The zero-order chi connectivity index (χ0) is 15.6. The summed E-state index contributed by atoms with van der Waals surface area (Å²) in [7, 11) is 0. The number of pyridine rings is 1. The number of carboxylic acids is 1. The molecule has 2 N–H and O–H groups in total. The van der Waals surface area contributed by atoms with Gasteiger partial charge >= 0.3 is 5.97 Å². The molecule has 21 heavy (non-hydrogen) atoms. The van der Waals surface area contributed by atoms with Gasteiger partial charge in [0.2, 0.25) is 0 Å². The first-order valence-electron chi connectivity index (χ1n) is 6.34. The highest BCUT2D eigenvalue weighted by Crippen LogP contribution is 2.26. The number of hydrogen-bond donors (Lipinski definition) is 2. The van der Waals surface area contributed by atoms with Gasteiger partial charge in [-0.2, -0.15) is 0 Å². The Bertz CT molecular complexity index is 689. The Balaban J connectivity index is 2.41. The number of aromatic nitrogens is 1. The number of nitrogens with zero attached hydrogens (tertiary/aromatic N) is 1. The molecule has 0 bridgehead atoms. The van der Waals surface area contributed by atoms with Gasteiger partial charge in [-0.05, 0) is 58.8 Å². The van der Waals surface area contributed by atoms with E-state index in [1.54, 1.807) is 12.1 Å². The van der Waals surface area contributed by atoms with Gasteiger partial charge in [0.25, 0.3) is 0 Å². The Labute approximate surface area is 141 Å². The molecule has 0 spiro atoms. The predicted molar refractivity (Wildman–Crippen MR) is 92.7 cm³/mol. The van der Waals surface area contributed by atoms with Gasteiger partial charge in [-0.15, -0.1) is 0 Å². The first kappa shape index (κ1) is 16.0. The van der Waals surface area contributed by atoms with Crippen LogP contribution in [0.5, 0.6) is 0 Å². The van der Waals surface area contributed by atoms with Gasteiger partial charge in [0.15, 0.2) is 0 Å². The summed E-state index contributed by atoms with van der Waals surface area (Å²) >= 11 is 8.09. The van der Waals surface area contributed by atoms with Crippen molar-refractivity contribution in [1.82, 2.24) is 4.98 Å². The number of anilines is 2. The van der Waals surface area contributed by atoms with Gasteiger partial charge in [-0.25, -0.2) is 9.78 Å². The summed E-state index contributed by atoms with van der Waals surface area (Å²) < 4.78 is 0.939. The van der Waals surface area contributed by atoms with Crippen molar-refractivity contribution in [2.75, 3.05) is 5.32 Å². The van der Waals surface area contributed by atoms with Crippen molar-refractivity contribution < 1.29 is 9.90 Å². The molecule has 1 heterocycles. The van der Waals surface area contributed by atoms with Crippen molar-refractivity contribution in [1.29, 1.82) is 0 Å². The monoisotopic (exact) mass is 416 g/mol. The standard InChI is InChI=1S/C15H14ClIN2O2/c1-8(2)13-5-9(15(20)21)6-14(19-13)18-12-4-3-10(16)7-11(12)17/h3-8H,1-2H3,(H,18,19)(H,20,21). The van der Waals surface area contributed by atoms with Crippen LogP contribution in [0.2, 0.25) is 5.02 Å². The Hall–Kier alpha value is -1.34. The molecule has 110 valence electrons. The Morgan fingerprint density at radius 2 is 2.05 bits per heavy atom. The van der Waals surface area contributed by atoms with Crippen LogP contribution in [0.25, 0.3) is 0 Å². The maximum Gasteiger partial charge on any atom is 0.335 e. The Kier molecular flexibility index (Phi) is 5.05. The molecule has 0 radical (unpaired) electrons. The molecule has 0 amide bonds. The third kappa shape index (κ3) is 4.07. The van der Waals surface area contributed by atoms with E-state index in [2.05, 4.69) is 32.9 Å². The van der Waals surface area contributed by atoms with E-state index in [1.165, 1.54) is 6.07 Å². The fourth-order valence-corrected chi connectivity index (χ4v) is 2.77. The fourth-order valence-electron chi connectivity index (χ4n) is 1.76. The summed E-state index contributed by atoms with van der Waals surface area (Å²) in [4.78, 5) is 15.7. The van der Waals surface area contributed by atoms with Crippen LogP contribution in [0, 0.1) is 3.57 Å². The van der Waals surface area contributed by atoms with Crippen molar-refractivity contribution in [3.05, 3.63) is 50.2 Å². The van der Waals surface area contributed by atoms with Crippen LogP contribution < -0.4 is 5.32 Å². The van der Waals surface area contributed by atoms with Gasteiger partial charge in [0.1, 0.15) is 5.82 Å². The fraction of sp³-hybridized carbons (Fsp3) is 0.200. The molecule has 0 saturated heterocycles. The third-order valence-corrected chi connectivity index (χ3v) is 4.01. The molecule has 0 saturated carbocycles. The average Bonchev–Trinajstić information content (AvgIpc) is 2.41. The maximum absolute atomic E-state index is 11.2. The molecular weight excluding hydrogens is 403 g/mol. The van der Waals surface area contributed by atoms with Crippen LogP contribution >= 0.6 is 34.2 Å². The van der Waals surface area contributed by atoms with E-state index in [9.17, 15) is 9.90 Å². The van der Waals surface area contributed by atoms with E-state index in [0.29, 0.717) is 10.8 Å². The van der Waals surface area contributed by atoms with Gasteiger partial charge in [0, 0.05) is 14.3 Å². The van der Waals surface area contributed by atoms with Crippen molar-refractivity contribution in [2.24, 2.45) is 0 Å². The van der Waals surface area contributed by atoms with Crippen molar-refractivity contribution >= 4 is 51.7 Å². The van der Waals surface area contributed by atoms with Gasteiger partial charge in [-0.3, -0.25) is 0 Å². The topological polar surface area (TPSA) is 62.2 Å². The minimum atomic E-state index is -0.965. The number of hydrogen-bond acceptors (Lipinski definition) is 3. The molecule has 2 aromatic rings. The van der Waals surface area contributed by atoms with E-state index < -0.39 is 5.97 Å². The van der Waals surface area contributed by atoms with Crippen LogP contribution in [0.4, 0.5) is 11.5 Å². The summed E-state index contributed by atoms with van der Waals surface area (Å²) in [5.41, 5.74) is 1.80. The average molecular weight is 417 g/mol. The highest BCUT2D eigenvalue weighted by molar-refractivity contribution is 14.1. The molecule has 0 aliphatic heterocycles. The van der Waals surface area contributed by atoms with Crippen molar-refractivity contribution in [3.63, 3.8) is 0 Å². The lowest BCUT2D eigenvalue weighted by Gasteiger charge is -2.12. The first-order valence-corrected chi connectivity index (χ1v) is 7.80. The molecular formula is C15H14ClIN2O2. The number of nitrogens with one attached hydrogen (secondary N) is 1. The second-order valence-corrected chi connectivity index (χ2v) is 6.47. The third-order valence-electron chi connectivity index (χ3n) is 2.88. The largest absolute Gasteiger partial charge is 0.478 e. The second-order valence-electron chi connectivity index (χ2n) is 4.87. The maximum atomic E-state index is 11.2. The van der Waals surface area contributed by atoms with Crippen LogP contribution in [0.1, 0.15) is 35.8 Å². The molecule has 1 aromatic carbocycles. The molecule has 0 aliphatic carbocycles. The summed E-state index contributed by atoms with van der Waals surface area (Å²) in [6, 6.07) is 8.57. The summed E-state index contributed by atoms with van der Waals surface area (Å²) in [5.74, 6) is -0.305. The van der Waals surface area contributed by atoms with E-state index in [-0.39, 0.29) is 11.5 Å². The molecule has 6 heteroatoms. The molecule has 0 aliphatic rings. The number of carbonyl (C=O) groups is 1. The Morgan fingerprint density at radius 1 is 1.33 bits per heavy atom. The zero-order valence-corrected chi connectivity index (χ0v) is 14.4. The number of rotatable bonds is 4. The highest BCUT2D eigenvalue weighted by Gasteiger charge is 2.11. The predicted octanol–water partition coefficient (Wildman–Crippen LogP) is 4.90. The molecule has 4 nitrogen and oxygen atoms in total. The van der Waals surface area contributed by atoms with E-state index >= 15 is 0 Å². The molecule has 0 fully saturated rings. The molecule has 0 unspecified atom stereocenters. The number of halogens is 2. The minimum absolute atomic E-state index is 0.147. The number of carboxylic acid groups (broad SMARTS) is 1. The quantitative estimate of drug-likeness (QED) is 0.696. The van der Waals surface area contributed by atoms with E-state index in [4.69, 9.17) is 11.6 Å². The lowest BCUT2D eigenvalue weighted by molar-refractivity contribution is 0.0696. The molecule has 0 atom stereocenters. The number of benzene rings is 1. The van der Waals surface area contributed by atoms with Crippen molar-refractivity contribution in [2.45, 2.75) is 19.8 Å². The minimum Gasteiger partial charge on any atom is -0.478 e.